The number of nitrogens with zero attached hydrogens (tertiary/aromatic N) is 1. The van der Waals surface area contributed by atoms with Gasteiger partial charge in [-0.15, -0.1) is 11.8 Å². The van der Waals surface area contributed by atoms with Crippen LogP contribution in [0.3, 0.4) is 0 Å². The quantitative estimate of drug-likeness (QED) is 0.179. The summed E-state index contributed by atoms with van der Waals surface area (Å²) in [5.74, 6) is 0.959. The van der Waals surface area contributed by atoms with E-state index in [4.69, 9.17) is 0 Å². The Hall–Kier alpha value is -5.83. The molecule has 0 atom stereocenters. The van der Waals surface area contributed by atoms with Crippen molar-refractivity contribution in [3.8, 4) is 33.4 Å². The Morgan fingerprint density at radius 3 is 1.69 bits per heavy atom. The van der Waals surface area contributed by atoms with Crippen LogP contribution in [0.25, 0.3) is 39.0 Å². The molecule has 1 nitrogen and oxygen atoms in total. The molecule has 0 radical (unpaired) electrons. The molecular formula is C49H35NS. The van der Waals surface area contributed by atoms with Crippen LogP contribution >= 0.6 is 11.8 Å². The zero-order chi connectivity index (χ0) is 33.9. The summed E-state index contributed by atoms with van der Waals surface area (Å²) < 4.78 is 0. The third-order valence-electron chi connectivity index (χ3n) is 10.9. The second-order valence-corrected chi connectivity index (χ2v) is 14.5. The second-order valence-electron chi connectivity index (χ2n) is 13.5. The molecule has 0 fully saturated rings. The topological polar surface area (TPSA) is 3.24 Å². The number of rotatable bonds is 5. The smallest absolute Gasteiger partial charge is 0.0746 e. The summed E-state index contributed by atoms with van der Waals surface area (Å²) in [4.78, 5) is 3.88. The van der Waals surface area contributed by atoms with E-state index in [2.05, 4.69) is 194 Å². The zero-order valence-electron chi connectivity index (χ0n) is 28.4. The molecule has 0 amide bonds. The Labute approximate surface area is 304 Å². The minimum Gasteiger partial charge on any atom is -0.309 e. The standard InChI is InChI=1S/C49H35NS/c1-2-3-15-35-32-51-48-37(35)21-13-27-46(48)50(36-30-28-34(29-31-36)33-16-5-4-6-17-33)45-26-14-22-41-40-20-9-12-25-44(40)49(47(41)45)42-23-10-7-18-38(42)39-19-8-11-24-43(39)49/h2-31H,32H2,1H3/b3-2-,35-15+. The summed E-state index contributed by atoms with van der Waals surface area (Å²) in [5, 5.41) is 0. The number of fused-ring (bicyclic) bond motifs is 11. The van der Waals surface area contributed by atoms with Gasteiger partial charge in [-0.05, 0) is 92.4 Å². The largest absolute Gasteiger partial charge is 0.309 e. The fraction of sp³-hybridized carbons (Fsp3) is 0.0612. The number of anilines is 3. The predicted octanol–water partition coefficient (Wildman–Crippen LogP) is 13.2. The maximum absolute atomic E-state index is 2.55. The molecule has 0 saturated heterocycles. The number of allylic oxidation sites excluding steroid dienone is 3. The van der Waals surface area contributed by atoms with Gasteiger partial charge in [0.15, 0.2) is 0 Å². The van der Waals surface area contributed by atoms with E-state index >= 15 is 0 Å². The van der Waals surface area contributed by atoms with Gasteiger partial charge in [0.25, 0.3) is 0 Å². The molecule has 1 spiro atoms. The highest BCUT2D eigenvalue weighted by molar-refractivity contribution is 8.00. The van der Waals surface area contributed by atoms with Crippen molar-refractivity contribution in [3.05, 3.63) is 210 Å². The molecule has 0 N–H and O–H groups in total. The van der Waals surface area contributed by atoms with Crippen molar-refractivity contribution in [3.63, 3.8) is 0 Å². The van der Waals surface area contributed by atoms with Crippen molar-refractivity contribution in [2.45, 2.75) is 17.2 Å². The Bertz CT molecular complexity index is 2480. The third-order valence-corrected chi connectivity index (χ3v) is 12.1. The summed E-state index contributed by atoms with van der Waals surface area (Å²) in [7, 11) is 0. The monoisotopic (exact) mass is 669 g/mol. The number of benzene rings is 7. The molecule has 0 unspecified atom stereocenters. The van der Waals surface area contributed by atoms with E-state index in [1.54, 1.807) is 0 Å². The third kappa shape index (κ3) is 4.36. The molecule has 2 heteroatoms. The highest BCUT2D eigenvalue weighted by Gasteiger charge is 2.53. The lowest BCUT2D eigenvalue weighted by molar-refractivity contribution is 0.792. The average molecular weight is 670 g/mol. The van der Waals surface area contributed by atoms with Crippen LogP contribution in [0.2, 0.25) is 0 Å². The second kappa shape index (κ2) is 11.9. The van der Waals surface area contributed by atoms with Gasteiger partial charge in [-0.25, -0.2) is 0 Å². The average Bonchev–Trinajstić information content (AvgIpc) is 3.85. The summed E-state index contributed by atoms with van der Waals surface area (Å²) in [5.41, 5.74) is 18.9. The van der Waals surface area contributed by atoms with Gasteiger partial charge in [0, 0.05) is 21.9 Å². The fourth-order valence-corrected chi connectivity index (χ4v) is 10.1. The van der Waals surface area contributed by atoms with Crippen LogP contribution in [0.1, 0.15) is 34.7 Å². The highest BCUT2D eigenvalue weighted by atomic mass is 32.2. The van der Waals surface area contributed by atoms with Gasteiger partial charge in [-0.1, -0.05) is 158 Å². The number of thioether (sulfide) groups is 1. The summed E-state index contributed by atoms with van der Waals surface area (Å²) in [6.07, 6.45) is 6.55. The maximum Gasteiger partial charge on any atom is 0.0746 e. The fourth-order valence-electron chi connectivity index (χ4n) is 8.84. The summed E-state index contributed by atoms with van der Waals surface area (Å²) >= 11 is 1.95. The van der Waals surface area contributed by atoms with Crippen LogP contribution in [-0.4, -0.2) is 5.75 Å². The first kappa shape index (κ1) is 30.0. The lowest BCUT2D eigenvalue weighted by Gasteiger charge is -2.36. The Balaban J connectivity index is 1.28. The molecule has 51 heavy (non-hydrogen) atoms. The van der Waals surface area contributed by atoms with Crippen LogP contribution in [0.15, 0.2) is 187 Å². The molecule has 1 heterocycles. The van der Waals surface area contributed by atoms with E-state index in [1.807, 2.05) is 11.8 Å². The number of hydrogen-bond acceptors (Lipinski definition) is 2. The molecule has 7 aromatic rings. The van der Waals surface area contributed by atoms with Gasteiger partial charge in [-0.2, -0.15) is 0 Å². The van der Waals surface area contributed by atoms with Crippen molar-refractivity contribution in [1.82, 2.24) is 0 Å². The predicted molar refractivity (Wildman–Crippen MR) is 216 cm³/mol. The lowest BCUT2D eigenvalue weighted by atomic mass is 9.70. The molecular weight excluding hydrogens is 635 g/mol. The first-order valence-electron chi connectivity index (χ1n) is 17.8. The maximum atomic E-state index is 2.55. The van der Waals surface area contributed by atoms with Gasteiger partial charge >= 0.3 is 0 Å². The first-order valence-corrected chi connectivity index (χ1v) is 18.7. The zero-order valence-corrected chi connectivity index (χ0v) is 29.2. The van der Waals surface area contributed by atoms with Crippen molar-refractivity contribution < 1.29 is 0 Å². The van der Waals surface area contributed by atoms with Crippen molar-refractivity contribution in [2.75, 3.05) is 10.7 Å². The van der Waals surface area contributed by atoms with Gasteiger partial charge < -0.3 is 4.90 Å². The first-order chi connectivity index (χ1) is 25.3. The van der Waals surface area contributed by atoms with Crippen LogP contribution in [0.4, 0.5) is 17.1 Å². The van der Waals surface area contributed by atoms with Crippen molar-refractivity contribution in [2.24, 2.45) is 0 Å². The van der Waals surface area contributed by atoms with Crippen molar-refractivity contribution >= 4 is 34.4 Å². The van der Waals surface area contributed by atoms with E-state index in [1.165, 1.54) is 83.0 Å². The number of hydrogen-bond donors (Lipinski definition) is 0. The van der Waals surface area contributed by atoms with Crippen molar-refractivity contribution in [1.29, 1.82) is 0 Å². The molecule has 242 valence electrons. The Morgan fingerprint density at radius 1 is 0.510 bits per heavy atom. The molecule has 10 rings (SSSR count). The molecule has 0 saturated carbocycles. The molecule has 7 aromatic carbocycles. The molecule has 3 aliphatic rings. The van der Waals surface area contributed by atoms with Crippen LogP contribution in [0.5, 0.6) is 0 Å². The van der Waals surface area contributed by atoms with E-state index in [-0.39, 0.29) is 0 Å². The normalized spacial score (nSPS) is 15.1. The van der Waals surface area contributed by atoms with E-state index < -0.39 is 5.41 Å². The van der Waals surface area contributed by atoms with Gasteiger partial charge in [0.05, 0.1) is 16.8 Å². The minimum atomic E-state index is -0.458. The van der Waals surface area contributed by atoms with Crippen LogP contribution in [0, 0.1) is 0 Å². The SMILES string of the molecule is C/C=C\C=C1/CSc2c1cccc2N(c1ccc(-c2ccccc2)cc1)c1cccc2c1C1(c3ccccc3-c3ccccc31)c1ccccc1-2. The minimum absolute atomic E-state index is 0.458. The van der Waals surface area contributed by atoms with E-state index in [0.29, 0.717) is 0 Å². The Morgan fingerprint density at radius 2 is 1.04 bits per heavy atom. The molecule has 2 aliphatic carbocycles. The van der Waals surface area contributed by atoms with E-state index in [9.17, 15) is 0 Å². The van der Waals surface area contributed by atoms with E-state index in [0.717, 1.165) is 11.4 Å². The van der Waals surface area contributed by atoms with Gasteiger partial charge in [0.1, 0.15) is 0 Å². The lowest BCUT2D eigenvalue weighted by Crippen LogP contribution is -2.28. The van der Waals surface area contributed by atoms with Gasteiger partial charge in [-0.3, -0.25) is 0 Å². The molecule has 1 aliphatic heterocycles. The van der Waals surface area contributed by atoms with Crippen LogP contribution < -0.4 is 4.90 Å². The highest BCUT2D eigenvalue weighted by Crippen LogP contribution is 2.65. The van der Waals surface area contributed by atoms with Crippen LogP contribution in [-0.2, 0) is 5.41 Å². The summed E-state index contributed by atoms with van der Waals surface area (Å²) in [6.45, 7) is 2.08. The Kier molecular flexibility index (Phi) is 7.01. The summed E-state index contributed by atoms with van der Waals surface area (Å²) in [6, 6.07) is 60.9. The van der Waals surface area contributed by atoms with Gasteiger partial charge in [0.2, 0.25) is 0 Å². The molecule has 0 aromatic heterocycles. The molecule has 0 bridgehead atoms.